The van der Waals surface area contributed by atoms with Crippen LogP contribution in [-0.2, 0) is 6.18 Å². The summed E-state index contributed by atoms with van der Waals surface area (Å²) < 4.78 is 37.8. The van der Waals surface area contributed by atoms with E-state index in [1.54, 1.807) is 18.3 Å². The summed E-state index contributed by atoms with van der Waals surface area (Å²) in [6, 6.07) is 8.39. The highest BCUT2D eigenvalue weighted by Gasteiger charge is 2.30. The largest absolute Gasteiger partial charge is 0.416 e. The molecule has 0 bridgehead atoms. The average molecular weight is 309 g/mol. The second-order valence-electron chi connectivity index (χ2n) is 4.44. The van der Waals surface area contributed by atoms with Crippen LogP contribution in [0.25, 0.3) is 22.0 Å². The number of fused-ring (bicyclic) bond motifs is 1. The van der Waals surface area contributed by atoms with Gasteiger partial charge in [0.25, 0.3) is 0 Å². The number of aromatic nitrogens is 2. The minimum absolute atomic E-state index is 0.314. The maximum absolute atomic E-state index is 12.6. The van der Waals surface area contributed by atoms with Gasteiger partial charge >= 0.3 is 6.18 Å². The normalized spacial score (nSPS) is 11.8. The fourth-order valence-electron chi connectivity index (χ4n) is 2.09. The highest BCUT2D eigenvalue weighted by Crippen LogP contribution is 2.33. The first-order valence-corrected chi connectivity index (χ1v) is 6.41. The molecule has 0 saturated heterocycles. The highest BCUT2D eigenvalue weighted by atomic mass is 35.5. The maximum atomic E-state index is 12.6. The smallest absolute Gasteiger partial charge is 0.255 e. The van der Waals surface area contributed by atoms with Gasteiger partial charge in [-0.25, -0.2) is 4.98 Å². The summed E-state index contributed by atoms with van der Waals surface area (Å²) in [5.41, 5.74) is 1.17. The summed E-state index contributed by atoms with van der Waals surface area (Å²) in [5, 5.41) is 0.977. The number of halogens is 4. The predicted octanol–water partition coefficient (Wildman–Crippen LogP) is 4.97. The van der Waals surface area contributed by atoms with Crippen LogP contribution >= 0.6 is 11.6 Å². The molecule has 3 rings (SSSR count). The molecular formula is C15H8ClF3N2. The van der Waals surface area contributed by atoms with E-state index in [0.717, 1.165) is 12.1 Å². The third kappa shape index (κ3) is 2.56. The molecule has 0 aliphatic carbocycles. The van der Waals surface area contributed by atoms with Crippen molar-refractivity contribution in [3.05, 3.63) is 59.5 Å². The Morgan fingerprint density at radius 3 is 2.33 bits per heavy atom. The monoisotopic (exact) mass is 308 g/mol. The zero-order chi connectivity index (χ0) is 15.0. The Labute approximate surface area is 123 Å². The van der Waals surface area contributed by atoms with E-state index in [-0.39, 0.29) is 0 Å². The number of hydrogen-bond donors (Lipinski definition) is 0. The molecule has 2 nitrogen and oxygen atoms in total. The number of rotatable bonds is 1. The zero-order valence-corrected chi connectivity index (χ0v) is 11.3. The van der Waals surface area contributed by atoms with Crippen LogP contribution in [0.3, 0.4) is 0 Å². The van der Waals surface area contributed by atoms with Gasteiger partial charge in [-0.1, -0.05) is 23.7 Å². The van der Waals surface area contributed by atoms with Gasteiger partial charge in [0.1, 0.15) is 5.15 Å². The van der Waals surface area contributed by atoms with Gasteiger partial charge in [0.2, 0.25) is 0 Å². The lowest BCUT2D eigenvalue weighted by Gasteiger charge is -2.09. The van der Waals surface area contributed by atoms with Gasteiger partial charge in [0, 0.05) is 23.3 Å². The summed E-state index contributed by atoms with van der Waals surface area (Å²) in [7, 11) is 0. The van der Waals surface area contributed by atoms with Crippen LogP contribution in [0.1, 0.15) is 5.56 Å². The average Bonchev–Trinajstić information content (AvgIpc) is 2.47. The quantitative estimate of drug-likeness (QED) is 0.593. The van der Waals surface area contributed by atoms with Crippen molar-refractivity contribution in [3.63, 3.8) is 0 Å². The van der Waals surface area contributed by atoms with Gasteiger partial charge in [-0.2, -0.15) is 13.2 Å². The van der Waals surface area contributed by atoms with E-state index in [4.69, 9.17) is 11.6 Å². The molecule has 6 heteroatoms. The maximum Gasteiger partial charge on any atom is 0.416 e. The van der Waals surface area contributed by atoms with Crippen molar-refractivity contribution in [2.75, 3.05) is 0 Å². The van der Waals surface area contributed by atoms with Gasteiger partial charge < -0.3 is 0 Å². The Kier molecular flexibility index (Phi) is 3.29. The molecular weight excluding hydrogens is 301 g/mol. The molecule has 1 aromatic carbocycles. The Morgan fingerprint density at radius 1 is 0.952 bits per heavy atom. The summed E-state index contributed by atoms with van der Waals surface area (Å²) >= 11 is 6.00. The summed E-state index contributed by atoms with van der Waals surface area (Å²) in [6.07, 6.45) is -1.23. The second-order valence-corrected chi connectivity index (χ2v) is 4.80. The molecule has 2 aromatic heterocycles. The Bertz CT molecular complexity index is 798. The van der Waals surface area contributed by atoms with Crippen molar-refractivity contribution in [2.24, 2.45) is 0 Å². The van der Waals surface area contributed by atoms with Crippen LogP contribution in [0, 0.1) is 0 Å². The van der Waals surface area contributed by atoms with Gasteiger partial charge in [-0.15, -0.1) is 0 Å². The third-order valence-electron chi connectivity index (χ3n) is 3.12. The lowest BCUT2D eigenvalue weighted by Crippen LogP contribution is -2.04. The summed E-state index contributed by atoms with van der Waals surface area (Å²) in [6.45, 7) is 0. The van der Waals surface area contributed by atoms with Crippen LogP contribution in [0.5, 0.6) is 0 Å². The molecule has 0 aliphatic rings. The van der Waals surface area contributed by atoms with Crippen LogP contribution < -0.4 is 0 Å². The van der Waals surface area contributed by atoms with Gasteiger partial charge in [-0.3, -0.25) is 4.98 Å². The first kappa shape index (κ1) is 13.8. The van der Waals surface area contributed by atoms with Crippen molar-refractivity contribution < 1.29 is 13.2 Å². The molecule has 0 fully saturated rings. The molecule has 0 unspecified atom stereocenters. The Hall–Kier alpha value is -2.14. The molecule has 0 atom stereocenters. The van der Waals surface area contributed by atoms with E-state index >= 15 is 0 Å². The van der Waals surface area contributed by atoms with Crippen molar-refractivity contribution in [3.8, 4) is 11.1 Å². The molecule has 106 valence electrons. The van der Waals surface area contributed by atoms with Gasteiger partial charge in [0.15, 0.2) is 0 Å². The van der Waals surface area contributed by atoms with Gasteiger partial charge in [-0.05, 0) is 29.8 Å². The number of hydrogen-bond acceptors (Lipinski definition) is 2. The molecule has 2 heterocycles. The second kappa shape index (κ2) is 5.00. The summed E-state index contributed by atoms with van der Waals surface area (Å²) in [4.78, 5) is 8.30. The molecule has 0 aliphatic heterocycles. The van der Waals surface area contributed by atoms with Crippen molar-refractivity contribution >= 4 is 22.5 Å². The lowest BCUT2D eigenvalue weighted by molar-refractivity contribution is -0.137. The lowest BCUT2D eigenvalue weighted by atomic mass is 10.0. The Balaban J connectivity index is 2.15. The van der Waals surface area contributed by atoms with Crippen molar-refractivity contribution in [2.45, 2.75) is 6.18 Å². The van der Waals surface area contributed by atoms with Crippen LogP contribution in [0.15, 0.2) is 48.8 Å². The van der Waals surface area contributed by atoms with E-state index in [0.29, 0.717) is 27.2 Å². The standard InChI is InChI=1S/C15H8ClF3N2/c16-14-11-2-1-7-20-13(11)12(8-21-14)9-3-5-10(6-4-9)15(17,18)19/h1-8H. The molecule has 0 amide bonds. The predicted molar refractivity (Wildman–Crippen MR) is 75.0 cm³/mol. The molecule has 0 saturated carbocycles. The fourth-order valence-corrected chi connectivity index (χ4v) is 2.29. The number of nitrogens with zero attached hydrogens (tertiary/aromatic N) is 2. The van der Waals surface area contributed by atoms with Gasteiger partial charge in [0.05, 0.1) is 11.1 Å². The fraction of sp³-hybridized carbons (Fsp3) is 0.0667. The van der Waals surface area contributed by atoms with Crippen molar-refractivity contribution in [1.82, 2.24) is 9.97 Å². The molecule has 0 spiro atoms. The molecule has 21 heavy (non-hydrogen) atoms. The van der Waals surface area contributed by atoms with E-state index in [1.165, 1.54) is 18.3 Å². The number of benzene rings is 1. The van der Waals surface area contributed by atoms with Crippen LogP contribution in [0.2, 0.25) is 5.15 Å². The zero-order valence-electron chi connectivity index (χ0n) is 10.5. The van der Waals surface area contributed by atoms with Crippen LogP contribution in [-0.4, -0.2) is 9.97 Å². The first-order valence-electron chi connectivity index (χ1n) is 6.03. The number of alkyl halides is 3. The van der Waals surface area contributed by atoms with E-state index in [9.17, 15) is 13.2 Å². The SMILES string of the molecule is FC(F)(F)c1ccc(-c2cnc(Cl)c3cccnc23)cc1. The summed E-state index contributed by atoms with van der Waals surface area (Å²) in [5.74, 6) is 0. The topological polar surface area (TPSA) is 25.8 Å². The Morgan fingerprint density at radius 2 is 1.67 bits per heavy atom. The van der Waals surface area contributed by atoms with Crippen molar-refractivity contribution in [1.29, 1.82) is 0 Å². The molecule has 0 radical (unpaired) electrons. The van der Waals surface area contributed by atoms with E-state index < -0.39 is 11.7 Å². The van der Waals surface area contributed by atoms with E-state index in [2.05, 4.69) is 9.97 Å². The van der Waals surface area contributed by atoms with E-state index in [1.807, 2.05) is 0 Å². The molecule has 3 aromatic rings. The van der Waals surface area contributed by atoms with Crippen LogP contribution in [0.4, 0.5) is 13.2 Å². The third-order valence-corrected chi connectivity index (χ3v) is 3.42. The minimum atomic E-state index is -4.35. The molecule has 0 N–H and O–H groups in total. The number of pyridine rings is 2. The minimum Gasteiger partial charge on any atom is -0.255 e. The highest BCUT2D eigenvalue weighted by molar-refractivity contribution is 6.34. The first-order chi connectivity index (χ1) is 9.97.